The van der Waals surface area contributed by atoms with Crippen molar-refractivity contribution in [1.29, 1.82) is 10.5 Å². The van der Waals surface area contributed by atoms with Crippen molar-refractivity contribution in [2.45, 2.75) is 163 Å². The zero-order valence-corrected chi connectivity index (χ0v) is 29.9. The molecule has 5 heterocycles. The molecule has 16 rings (SSSR count). The van der Waals surface area contributed by atoms with Crippen LogP contribution in [0.25, 0.3) is 0 Å². The van der Waals surface area contributed by atoms with Gasteiger partial charge in [0, 0.05) is 42.0 Å². The quantitative estimate of drug-likeness (QED) is 0.287. The highest BCUT2D eigenvalue weighted by Gasteiger charge is 2.79. The molecule has 11 aliphatic carbocycles. The summed E-state index contributed by atoms with van der Waals surface area (Å²) in [6.45, 7) is 0. The average Bonchev–Trinajstić information content (AvgIpc) is 3.82. The van der Waals surface area contributed by atoms with Crippen LogP contribution in [0.3, 0.4) is 0 Å². The maximum absolute atomic E-state index is 10.9. The molecular weight excluding hydrogens is 617 g/mol. The van der Waals surface area contributed by atoms with Crippen molar-refractivity contribution in [3.05, 3.63) is 0 Å². The number of rotatable bonds is 0. The van der Waals surface area contributed by atoms with Crippen LogP contribution >= 0.6 is 0 Å². The van der Waals surface area contributed by atoms with Crippen molar-refractivity contribution < 1.29 is 9.47 Å². The van der Waals surface area contributed by atoms with E-state index in [0.29, 0.717) is 108 Å². The lowest BCUT2D eigenvalue weighted by atomic mass is 9.44. The van der Waals surface area contributed by atoms with E-state index < -0.39 is 0 Å². The van der Waals surface area contributed by atoms with Gasteiger partial charge < -0.3 is 9.47 Å². The summed E-state index contributed by atoms with van der Waals surface area (Å²) < 4.78 is 15.7. The first-order chi connectivity index (χ1) is 24.7. The van der Waals surface area contributed by atoms with E-state index in [-0.39, 0.29) is 11.8 Å². The van der Waals surface area contributed by atoms with E-state index in [1.165, 1.54) is 89.9 Å². The first-order valence-electron chi connectivity index (χ1n) is 22.4. The zero-order valence-electron chi connectivity index (χ0n) is 29.9. The predicted octanol–water partition coefficient (Wildman–Crippen LogP) is 6.65. The average molecular weight is 675 g/mol. The summed E-state index contributed by atoms with van der Waals surface area (Å²) >= 11 is 0. The number of hydrogen-bond acceptors (Lipinski definition) is 6. The third kappa shape index (κ3) is 3.22. The number of fused-ring (bicyclic) bond motifs is 13. The molecule has 0 aromatic rings. The first-order valence-corrected chi connectivity index (χ1v) is 22.4. The van der Waals surface area contributed by atoms with Gasteiger partial charge in [0.1, 0.15) is 0 Å². The highest BCUT2D eigenvalue weighted by atomic mass is 16.5. The van der Waals surface area contributed by atoms with Crippen LogP contribution in [-0.4, -0.2) is 70.5 Å². The number of nitriles is 2. The summed E-state index contributed by atoms with van der Waals surface area (Å²) in [5.41, 5.74) is 0. The Balaban J connectivity index is 0.978. The Morgan fingerprint density at radius 3 is 1.30 bits per heavy atom. The third-order valence-electron chi connectivity index (χ3n) is 20.9. The van der Waals surface area contributed by atoms with Crippen molar-refractivity contribution in [2.75, 3.05) is 0 Å². The van der Waals surface area contributed by atoms with E-state index in [4.69, 9.17) is 9.47 Å². The Bertz CT molecular complexity index is 1440. The van der Waals surface area contributed by atoms with Gasteiger partial charge in [-0.25, -0.2) is 0 Å². The minimum atomic E-state index is 0.220. The van der Waals surface area contributed by atoms with E-state index >= 15 is 0 Å². The Hall–Kier alpha value is -1.18. The smallest absolute Gasteiger partial charge is 0.0806 e. The second-order valence-electron chi connectivity index (χ2n) is 21.4. The SMILES string of the molecule is N#CC1CC2C(C3C4CCC(CC4)C13)C1C3OC4CCCC5C6CCCC7OC(C8C9C%10C%11CCC(CC%11)C%10C(C#N)CC9N2C18)C3N(C45)C76. The second kappa shape index (κ2) is 9.92. The molecule has 6 nitrogen and oxygen atoms in total. The van der Waals surface area contributed by atoms with Crippen LogP contribution in [0.4, 0.5) is 0 Å². The molecule has 11 saturated carbocycles. The van der Waals surface area contributed by atoms with Gasteiger partial charge in [-0.15, -0.1) is 0 Å². The largest absolute Gasteiger partial charge is 0.371 e. The van der Waals surface area contributed by atoms with Gasteiger partial charge in [-0.1, -0.05) is 12.8 Å². The maximum Gasteiger partial charge on any atom is 0.0806 e. The molecule has 16 fully saturated rings. The Morgan fingerprint density at radius 2 is 0.860 bits per heavy atom. The molecule has 0 aromatic heterocycles. The normalized spacial score (nSPS) is 67.2. The molecule has 16 aliphatic rings. The highest BCUT2D eigenvalue weighted by Crippen LogP contribution is 2.73. The zero-order chi connectivity index (χ0) is 32.3. The van der Waals surface area contributed by atoms with Gasteiger partial charge in [-0.3, -0.25) is 9.80 Å². The second-order valence-corrected chi connectivity index (χ2v) is 21.4. The van der Waals surface area contributed by atoms with Crippen LogP contribution in [0.15, 0.2) is 0 Å². The van der Waals surface area contributed by atoms with Gasteiger partial charge in [0.15, 0.2) is 0 Å². The Labute approximate surface area is 299 Å². The van der Waals surface area contributed by atoms with Crippen LogP contribution < -0.4 is 0 Å². The summed E-state index contributed by atoms with van der Waals surface area (Å²) in [5, 5.41) is 21.9. The molecule has 6 heteroatoms. The minimum Gasteiger partial charge on any atom is -0.371 e. The van der Waals surface area contributed by atoms with E-state index in [1.54, 1.807) is 0 Å². The molecular formula is C44H58N4O2. The third-order valence-corrected chi connectivity index (χ3v) is 20.9. The first kappa shape index (κ1) is 29.2. The lowest BCUT2D eigenvalue weighted by Crippen LogP contribution is -2.77. The van der Waals surface area contributed by atoms with Gasteiger partial charge in [0.25, 0.3) is 0 Å². The van der Waals surface area contributed by atoms with E-state index in [9.17, 15) is 10.5 Å². The minimum absolute atomic E-state index is 0.220. The van der Waals surface area contributed by atoms with Crippen molar-refractivity contribution in [3.8, 4) is 12.1 Å². The number of nitrogens with zero attached hydrogens (tertiary/aromatic N) is 4. The fourth-order valence-electron chi connectivity index (χ4n) is 20.4. The van der Waals surface area contributed by atoms with Gasteiger partial charge in [-0.05, 0) is 161 Å². The van der Waals surface area contributed by atoms with E-state index in [2.05, 4.69) is 21.9 Å². The number of morpholine rings is 2. The molecule has 50 heavy (non-hydrogen) atoms. The van der Waals surface area contributed by atoms with Crippen molar-refractivity contribution in [3.63, 3.8) is 0 Å². The molecule has 4 bridgehead atoms. The number of ether oxygens (including phenoxy) is 2. The summed E-state index contributed by atoms with van der Waals surface area (Å²) in [5.74, 6) is 10.5. The van der Waals surface area contributed by atoms with Crippen molar-refractivity contribution in [2.24, 2.45) is 94.7 Å². The number of hydrogen-bond donors (Lipinski definition) is 0. The topological polar surface area (TPSA) is 72.5 Å². The molecule has 5 aliphatic heterocycles. The van der Waals surface area contributed by atoms with Gasteiger partial charge in [0.2, 0.25) is 0 Å². The van der Waals surface area contributed by atoms with Crippen LogP contribution in [0.1, 0.15) is 103 Å². The van der Waals surface area contributed by atoms with Crippen LogP contribution in [0, 0.1) is 117 Å². The molecule has 0 spiro atoms. The van der Waals surface area contributed by atoms with Crippen LogP contribution in [0.2, 0.25) is 0 Å². The Morgan fingerprint density at radius 1 is 0.420 bits per heavy atom. The molecule has 5 saturated heterocycles. The molecule has 20 unspecified atom stereocenters. The summed E-state index contributed by atoms with van der Waals surface area (Å²) in [7, 11) is 0. The lowest BCUT2D eigenvalue weighted by molar-refractivity contribution is -0.293. The van der Waals surface area contributed by atoms with E-state index in [1.807, 2.05) is 0 Å². The molecule has 266 valence electrons. The summed E-state index contributed by atoms with van der Waals surface area (Å²) in [4.78, 5) is 6.41. The van der Waals surface area contributed by atoms with Gasteiger partial charge >= 0.3 is 0 Å². The maximum atomic E-state index is 10.9. The highest BCUT2D eigenvalue weighted by molar-refractivity contribution is 5.31. The molecule has 0 radical (unpaired) electrons. The molecule has 0 aromatic carbocycles. The van der Waals surface area contributed by atoms with E-state index in [0.717, 1.165) is 48.3 Å². The molecule has 0 amide bonds. The van der Waals surface area contributed by atoms with Crippen molar-refractivity contribution in [1.82, 2.24) is 9.80 Å². The lowest BCUT2D eigenvalue weighted by Gasteiger charge is -2.66. The predicted molar refractivity (Wildman–Crippen MR) is 185 cm³/mol. The van der Waals surface area contributed by atoms with Crippen LogP contribution in [-0.2, 0) is 9.47 Å². The van der Waals surface area contributed by atoms with Crippen LogP contribution in [0.5, 0.6) is 0 Å². The molecule has 20 atom stereocenters. The van der Waals surface area contributed by atoms with Crippen molar-refractivity contribution >= 4 is 0 Å². The fraction of sp³-hybridized carbons (Fsp3) is 0.955. The monoisotopic (exact) mass is 674 g/mol. The fourth-order valence-corrected chi connectivity index (χ4v) is 20.4. The molecule has 0 N–H and O–H groups in total. The summed E-state index contributed by atoms with van der Waals surface area (Å²) in [6, 6.07) is 9.32. The summed E-state index contributed by atoms with van der Waals surface area (Å²) in [6.07, 6.45) is 22.9. The Kier molecular flexibility index (Phi) is 5.79. The van der Waals surface area contributed by atoms with Gasteiger partial charge in [-0.2, -0.15) is 10.5 Å². The standard InChI is InChI=1S/C44H58N4O2/c45-17-23-15-27-35(33-21-11-7-19(8-12-21)31(23)33)37-41-38(36-28(47(27)41)16-24(18-46)32-20-9-13-22(14-10-20)34(32)36)44-42-43(37)49-29-5-1-3-25-26-4-2-6-30(50-44)40(26)48(42)39(25)29/h19-44H,1-16H2. The van der Waals surface area contributed by atoms with Gasteiger partial charge in [0.05, 0.1) is 54.4 Å².